The third-order valence-corrected chi connectivity index (χ3v) is 6.24. The van der Waals surface area contributed by atoms with E-state index in [-0.39, 0.29) is 11.7 Å². The van der Waals surface area contributed by atoms with Crippen LogP contribution < -0.4 is 10.9 Å². The summed E-state index contributed by atoms with van der Waals surface area (Å²) in [5.41, 5.74) is 1.36. The van der Waals surface area contributed by atoms with Crippen LogP contribution in [0.2, 0.25) is 0 Å². The SMILES string of the molecule is CCCCSc1nc2c(c(=O)[nH]1)[C@H](c1cccs1)C(C(=O)OC(C)C)=C(C)N2. The molecule has 0 bridgehead atoms. The van der Waals surface area contributed by atoms with Crippen molar-refractivity contribution >= 4 is 34.9 Å². The number of thiophene rings is 1. The van der Waals surface area contributed by atoms with Crippen LogP contribution in [-0.2, 0) is 9.53 Å². The summed E-state index contributed by atoms with van der Waals surface area (Å²) in [5, 5.41) is 5.70. The number of fused-ring (bicyclic) bond motifs is 1. The Morgan fingerprint density at radius 3 is 2.86 bits per heavy atom. The van der Waals surface area contributed by atoms with Gasteiger partial charge in [-0.15, -0.1) is 11.3 Å². The highest BCUT2D eigenvalue weighted by molar-refractivity contribution is 7.99. The van der Waals surface area contributed by atoms with E-state index >= 15 is 0 Å². The molecule has 8 heteroatoms. The van der Waals surface area contributed by atoms with Crippen LogP contribution in [0.1, 0.15) is 56.9 Å². The summed E-state index contributed by atoms with van der Waals surface area (Å²) < 4.78 is 5.46. The Morgan fingerprint density at radius 1 is 1.43 bits per heavy atom. The van der Waals surface area contributed by atoms with Crippen molar-refractivity contribution in [3.05, 3.63) is 49.6 Å². The van der Waals surface area contributed by atoms with Gasteiger partial charge in [-0.3, -0.25) is 4.79 Å². The lowest BCUT2D eigenvalue weighted by Crippen LogP contribution is -2.31. The fourth-order valence-electron chi connectivity index (χ4n) is 3.10. The van der Waals surface area contributed by atoms with Crippen LogP contribution >= 0.6 is 23.1 Å². The molecule has 0 saturated heterocycles. The summed E-state index contributed by atoms with van der Waals surface area (Å²) in [6.45, 7) is 7.58. The number of carbonyl (C=O) groups is 1. The molecular weight excluding hydrogens is 394 g/mol. The second-order valence-electron chi connectivity index (χ2n) is 6.90. The van der Waals surface area contributed by atoms with Crippen molar-refractivity contribution in [1.82, 2.24) is 9.97 Å². The number of nitrogens with zero attached hydrogens (tertiary/aromatic N) is 1. The number of aromatic nitrogens is 2. The molecule has 2 aromatic rings. The van der Waals surface area contributed by atoms with Crippen LogP contribution in [0, 0.1) is 0 Å². The van der Waals surface area contributed by atoms with Crippen LogP contribution in [0.5, 0.6) is 0 Å². The molecule has 1 aliphatic rings. The van der Waals surface area contributed by atoms with Crippen LogP contribution in [-0.4, -0.2) is 27.8 Å². The Morgan fingerprint density at radius 2 is 2.21 bits per heavy atom. The number of esters is 1. The lowest BCUT2D eigenvalue weighted by atomic mass is 9.86. The van der Waals surface area contributed by atoms with Crippen LogP contribution in [0.4, 0.5) is 5.82 Å². The Kier molecular flexibility index (Phi) is 6.61. The second-order valence-corrected chi connectivity index (χ2v) is 8.96. The number of H-pyrrole nitrogens is 1. The first kappa shape index (κ1) is 20.7. The fraction of sp³-hybridized carbons (Fsp3) is 0.450. The highest BCUT2D eigenvalue weighted by atomic mass is 32.2. The molecule has 0 amide bonds. The molecule has 2 aromatic heterocycles. The predicted molar refractivity (Wildman–Crippen MR) is 114 cm³/mol. The van der Waals surface area contributed by atoms with Gasteiger partial charge in [0.1, 0.15) is 5.82 Å². The summed E-state index contributed by atoms with van der Waals surface area (Å²) >= 11 is 3.05. The van der Waals surface area contributed by atoms with E-state index in [1.54, 1.807) is 0 Å². The standard InChI is InChI=1S/C20H25N3O3S2/c1-5-6-9-28-20-22-17-16(18(24)23-20)15(13-8-7-10-27-13)14(12(4)21-17)19(25)26-11(2)3/h7-8,10-11,15H,5-6,9H2,1-4H3,(H2,21,22,23,24)/t15-/m1/s1. The minimum absolute atomic E-state index is 0.225. The van der Waals surface area contributed by atoms with Gasteiger partial charge in [-0.05, 0) is 38.6 Å². The summed E-state index contributed by atoms with van der Waals surface area (Å²) in [6, 6.07) is 3.85. The number of hydrogen-bond acceptors (Lipinski definition) is 7. The van der Waals surface area contributed by atoms with E-state index in [2.05, 4.69) is 22.2 Å². The van der Waals surface area contributed by atoms with Gasteiger partial charge in [0.05, 0.1) is 23.2 Å². The normalized spacial score (nSPS) is 16.1. The Labute approximate surface area is 172 Å². The van der Waals surface area contributed by atoms with Crippen molar-refractivity contribution in [2.45, 2.75) is 57.7 Å². The van der Waals surface area contributed by atoms with Gasteiger partial charge in [-0.2, -0.15) is 0 Å². The topological polar surface area (TPSA) is 84.1 Å². The molecule has 0 radical (unpaired) electrons. The third-order valence-electron chi connectivity index (χ3n) is 4.35. The zero-order chi connectivity index (χ0) is 20.3. The summed E-state index contributed by atoms with van der Waals surface area (Å²) in [7, 11) is 0. The van der Waals surface area contributed by atoms with E-state index in [1.165, 1.54) is 23.1 Å². The predicted octanol–water partition coefficient (Wildman–Crippen LogP) is 4.51. The number of allylic oxidation sites excluding steroid dienone is 1. The number of unbranched alkanes of at least 4 members (excludes halogenated alkanes) is 1. The zero-order valence-corrected chi connectivity index (χ0v) is 18.1. The van der Waals surface area contributed by atoms with E-state index in [1.807, 2.05) is 38.3 Å². The van der Waals surface area contributed by atoms with Crippen molar-refractivity contribution in [1.29, 1.82) is 0 Å². The van der Waals surface area contributed by atoms with Gasteiger partial charge in [0.2, 0.25) is 0 Å². The van der Waals surface area contributed by atoms with Gasteiger partial charge in [-0.1, -0.05) is 31.2 Å². The Hall–Kier alpha value is -2.06. The lowest BCUT2D eigenvalue weighted by Gasteiger charge is -2.28. The van der Waals surface area contributed by atoms with Crippen molar-refractivity contribution in [2.24, 2.45) is 0 Å². The summed E-state index contributed by atoms with van der Waals surface area (Å²) in [6.07, 6.45) is 1.90. The molecule has 150 valence electrons. The maximum absolute atomic E-state index is 13.0. The molecule has 1 aliphatic heterocycles. The summed E-state index contributed by atoms with van der Waals surface area (Å²) in [5.74, 6) is 0.505. The molecular formula is C20H25N3O3S2. The number of anilines is 1. The fourth-order valence-corrected chi connectivity index (χ4v) is 4.89. The molecule has 0 fully saturated rings. The van der Waals surface area contributed by atoms with Gasteiger partial charge in [0.25, 0.3) is 5.56 Å². The van der Waals surface area contributed by atoms with Crippen molar-refractivity contribution in [3.63, 3.8) is 0 Å². The van der Waals surface area contributed by atoms with Gasteiger partial charge in [-0.25, -0.2) is 9.78 Å². The summed E-state index contributed by atoms with van der Waals surface area (Å²) in [4.78, 5) is 34.3. The quantitative estimate of drug-likeness (QED) is 0.297. The van der Waals surface area contributed by atoms with Crippen molar-refractivity contribution in [3.8, 4) is 0 Å². The van der Waals surface area contributed by atoms with Gasteiger partial charge >= 0.3 is 5.97 Å². The number of carbonyl (C=O) groups excluding carboxylic acids is 1. The van der Waals surface area contributed by atoms with E-state index < -0.39 is 11.9 Å². The number of rotatable bonds is 7. The molecule has 0 spiro atoms. The molecule has 0 aromatic carbocycles. The maximum atomic E-state index is 13.0. The van der Waals surface area contributed by atoms with Crippen molar-refractivity contribution in [2.75, 3.05) is 11.1 Å². The molecule has 3 rings (SSSR count). The van der Waals surface area contributed by atoms with E-state index in [0.29, 0.717) is 27.8 Å². The number of aromatic amines is 1. The number of ether oxygens (including phenoxy) is 1. The molecule has 28 heavy (non-hydrogen) atoms. The molecule has 3 heterocycles. The Bertz CT molecular complexity index is 933. The number of hydrogen-bond donors (Lipinski definition) is 2. The molecule has 1 atom stereocenters. The maximum Gasteiger partial charge on any atom is 0.337 e. The van der Waals surface area contributed by atoms with E-state index in [0.717, 1.165) is 23.5 Å². The molecule has 6 nitrogen and oxygen atoms in total. The molecule has 0 unspecified atom stereocenters. The molecule has 2 N–H and O–H groups in total. The molecule has 0 aliphatic carbocycles. The van der Waals surface area contributed by atoms with Gasteiger partial charge in [0, 0.05) is 16.3 Å². The van der Waals surface area contributed by atoms with Gasteiger partial charge in [0.15, 0.2) is 5.16 Å². The van der Waals surface area contributed by atoms with E-state index in [9.17, 15) is 9.59 Å². The minimum Gasteiger partial charge on any atom is -0.460 e. The Balaban J connectivity index is 2.08. The second kappa shape index (κ2) is 8.96. The first-order chi connectivity index (χ1) is 13.4. The average Bonchev–Trinajstić information content (AvgIpc) is 3.14. The molecule has 0 saturated carbocycles. The first-order valence-corrected chi connectivity index (χ1v) is 11.3. The van der Waals surface area contributed by atoms with Crippen LogP contribution in [0.15, 0.2) is 38.7 Å². The van der Waals surface area contributed by atoms with Gasteiger partial charge < -0.3 is 15.0 Å². The van der Waals surface area contributed by atoms with Crippen molar-refractivity contribution < 1.29 is 9.53 Å². The zero-order valence-electron chi connectivity index (χ0n) is 16.5. The monoisotopic (exact) mass is 419 g/mol. The van der Waals surface area contributed by atoms with Crippen LogP contribution in [0.25, 0.3) is 0 Å². The van der Waals surface area contributed by atoms with E-state index in [4.69, 9.17) is 4.74 Å². The first-order valence-electron chi connectivity index (χ1n) is 9.41. The highest BCUT2D eigenvalue weighted by Crippen LogP contribution is 2.41. The minimum atomic E-state index is -0.492. The largest absolute Gasteiger partial charge is 0.460 e. The highest BCUT2D eigenvalue weighted by Gasteiger charge is 2.37. The smallest absolute Gasteiger partial charge is 0.337 e. The number of nitrogens with one attached hydrogen (secondary N) is 2. The third kappa shape index (κ3) is 4.33. The lowest BCUT2D eigenvalue weighted by molar-refractivity contribution is -0.142. The van der Waals surface area contributed by atoms with Crippen LogP contribution in [0.3, 0.4) is 0 Å². The average molecular weight is 420 g/mol. The number of thioether (sulfide) groups is 1.